The Kier molecular flexibility index (Phi) is 2.62. The van der Waals surface area contributed by atoms with Gasteiger partial charge in [0.25, 0.3) is 0 Å². The van der Waals surface area contributed by atoms with E-state index in [2.05, 4.69) is 4.98 Å². The number of aliphatic hydroxyl groups is 1. The molecule has 1 atom stereocenters. The first-order chi connectivity index (χ1) is 5.22. The fourth-order valence-corrected chi connectivity index (χ4v) is 0.897. The van der Waals surface area contributed by atoms with Crippen molar-refractivity contribution in [3.8, 4) is 0 Å². The lowest BCUT2D eigenvalue weighted by atomic mass is 10.2. The number of aromatic nitrogens is 2. The molecule has 11 heavy (non-hydrogen) atoms. The Morgan fingerprint density at radius 2 is 2.55 bits per heavy atom. The maximum Gasteiger partial charge on any atom is 0.0946 e. The Bertz CT molecular complexity index is 221. The minimum absolute atomic E-state index is 0.288. The zero-order valence-corrected chi connectivity index (χ0v) is 6.57. The average molecular weight is 155 g/mol. The summed E-state index contributed by atoms with van der Waals surface area (Å²) in [5.41, 5.74) is 6.12. The Morgan fingerprint density at radius 3 is 3.00 bits per heavy atom. The fourth-order valence-electron chi connectivity index (χ4n) is 0.897. The standard InChI is InChI=1S/C7H13N3O/c1-10-4-6(9-5-10)2-7(11)3-8/h4-5,7,11H,2-3,8H2,1H3. The van der Waals surface area contributed by atoms with Crippen molar-refractivity contribution in [1.82, 2.24) is 9.55 Å². The molecule has 1 heterocycles. The molecule has 4 nitrogen and oxygen atoms in total. The molecule has 1 unspecified atom stereocenters. The molecule has 0 aromatic carbocycles. The molecular weight excluding hydrogens is 142 g/mol. The lowest BCUT2D eigenvalue weighted by Crippen LogP contribution is -2.22. The van der Waals surface area contributed by atoms with Crippen LogP contribution in [0, 0.1) is 0 Å². The highest BCUT2D eigenvalue weighted by Crippen LogP contribution is 1.98. The number of hydrogen-bond acceptors (Lipinski definition) is 3. The zero-order chi connectivity index (χ0) is 8.27. The fraction of sp³-hybridized carbons (Fsp3) is 0.571. The molecule has 4 heteroatoms. The second kappa shape index (κ2) is 3.50. The molecule has 0 fully saturated rings. The minimum Gasteiger partial charge on any atom is -0.391 e. The summed E-state index contributed by atoms with van der Waals surface area (Å²) in [6.07, 6.45) is 3.65. The van der Waals surface area contributed by atoms with E-state index in [1.54, 1.807) is 6.33 Å². The highest BCUT2D eigenvalue weighted by Gasteiger charge is 2.04. The summed E-state index contributed by atoms with van der Waals surface area (Å²) >= 11 is 0. The number of nitrogens with zero attached hydrogens (tertiary/aromatic N) is 2. The van der Waals surface area contributed by atoms with Crippen molar-refractivity contribution in [3.05, 3.63) is 18.2 Å². The second-order valence-electron chi connectivity index (χ2n) is 2.62. The van der Waals surface area contributed by atoms with Crippen LogP contribution >= 0.6 is 0 Å². The van der Waals surface area contributed by atoms with Gasteiger partial charge in [0.1, 0.15) is 0 Å². The van der Waals surface area contributed by atoms with Gasteiger partial charge in [0, 0.05) is 26.2 Å². The Hall–Kier alpha value is -0.870. The molecule has 0 aliphatic heterocycles. The normalized spacial score (nSPS) is 13.4. The number of aryl methyl sites for hydroxylation is 1. The van der Waals surface area contributed by atoms with Gasteiger partial charge in [-0.3, -0.25) is 0 Å². The van der Waals surface area contributed by atoms with E-state index in [0.717, 1.165) is 5.69 Å². The molecule has 0 aliphatic rings. The molecule has 0 amide bonds. The van der Waals surface area contributed by atoms with Crippen LogP contribution in [0.15, 0.2) is 12.5 Å². The number of aliphatic hydroxyl groups excluding tert-OH is 1. The van der Waals surface area contributed by atoms with E-state index in [1.165, 1.54) is 0 Å². The van der Waals surface area contributed by atoms with E-state index in [-0.39, 0.29) is 6.54 Å². The van der Waals surface area contributed by atoms with Crippen molar-refractivity contribution < 1.29 is 5.11 Å². The molecule has 1 rings (SSSR count). The van der Waals surface area contributed by atoms with Gasteiger partial charge in [0.05, 0.1) is 18.1 Å². The summed E-state index contributed by atoms with van der Waals surface area (Å²) in [6, 6.07) is 0. The summed E-state index contributed by atoms with van der Waals surface area (Å²) in [7, 11) is 1.89. The van der Waals surface area contributed by atoms with Gasteiger partial charge < -0.3 is 15.4 Å². The predicted octanol–water partition coefficient (Wildman–Crippen LogP) is -0.718. The molecule has 0 radical (unpaired) electrons. The van der Waals surface area contributed by atoms with E-state index in [1.807, 2.05) is 17.8 Å². The third-order valence-electron chi connectivity index (χ3n) is 1.48. The third-order valence-corrected chi connectivity index (χ3v) is 1.48. The van der Waals surface area contributed by atoms with E-state index in [9.17, 15) is 0 Å². The summed E-state index contributed by atoms with van der Waals surface area (Å²) in [6.45, 7) is 0.288. The lowest BCUT2D eigenvalue weighted by molar-refractivity contribution is 0.182. The smallest absolute Gasteiger partial charge is 0.0946 e. The van der Waals surface area contributed by atoms with Crippen LogP contribution in [0.25, 0.3) is 0 Å². The van der Waals surface area contributed by atoms with Crippen molar-refractivity contribution in [2.75, 3.05) is 6.54 Å². The van der Waals surface area contributed by atoms with Crippen LogP contribution in [0.3, 0.4) is 0 Å². The molecule has 1 aromatic heterocycles. The van der Waals surface area contributed by atoms with Gasteiger partial charge >= 0.3 is 0 Å². The van der Waals surface area contributed by atoms with Crippen molar-refractivity contribution in [1.29, 1.82) is 0 Å². The van der Waals surface area contributed by atoms with Crippen LogP contribution < -0.4 is 5.73 Å². The van der Waals surface area contributed by atoms with Gasteiger partial charge in [-0.15, -0.1) is 0 Å². The quantitative estimate of drug-likeness (QED) is 0.605. The maximum atomic E-state index is 9.15. The SMILES string of the molecule is Cn1cnc(CC(O)CN)c1. The van der Waals surface area contributed by atoms with Gasteiger partial charge in [-0.05, 0) is 0 Å². The maximum absolute atomic E-state index is 9.15. The topological polar surface area (TPSA) is 64.1 Å². The van der Waals surface area contributed by atoms with Gasteiger partial charge in [-0.25, -0.2) is 4.98 Å². The van der Waals surface area contributed by atoms with Gasteiger partial charge in [-0.2, -0.15) is 0 Å². The monoisotopic (exact) mass is 155 g/mol. The van der Waals surface area contributed by atoms with Crippen LogP contribution in [-0.2, 0) is 13.5 Å². The van der Waals surface area contributed by atoms with Crippen LogP contribution in [0.2, 0.25) is 0 Å². The first-order valence-electron chi connectivity index (χ1n) is 3.57. The molecule has 0 aliphatic carbocycles. The van der Waals surface area contributed by atoms with Crippen molar-refractivity contribution in [3.63, 3.8) is 0 Å². The number of hydrogen-bond donors (Lipinski definition) is 2. The number of nitrogens with two attached hydrogens (primary N) is 1. The Balaban J connectivity index is 2.50. The molecule has 0 saturated carbocycles. The van der Waals surface area contributed by atoms with Gasteiger partial charge in [-0.1, -0.05) is 0 Å². The van der Waals surface area contributed by atoms with Crippen LogP contribution in [0.4, 0.5) is 0 Å². The van der Waals surface area contributed by atoms with E-state index < -0.39 is 6.10 Å². The zero-order valence-electron chi connectivity index (χ0n) is 6.57. The highest BCUT2D eigenvalue weighted by molar-refractivity contribution is 4.97. The summed E-state index contributed by atoms with van der Waals surface area (Å²) in [5, 5.41) is 9.15. The molecule has 0 spiro atoms. The number of rotatable bonds is 3. The molecule has 0 bridgehead atoms. The largest absolute Gasteiger partial charge is 0.391 e. The van der Waals surface area contributed by atoms with E-state index in [0.29, 0.717) is 6.42 Å². The number of imidazole rings is 1. The van der Waals surface area contributed by atoms with Gasteiger partial charge in [0.15, 0.2) is 0 Å². The minimum atomic E-state index is -0.468. The second-order valence-corrected chi connectivity index (χ2v) is 2.62. The van der Waals surface area contributed by atoms with E-state index >= 15 is 0 Å². The molecule has 1 aromatic rings. The Morgan fingerprint density at radius 1 is 1.82 bits per heavy atom. The summed E-state index contributed by atoms with van der Waals surface area (Å²) < 4.78 is 1.85. The Labute approximate surface area is 65.7 Å². The summed E-state index contributed by atoms with van der Waals surface area (Å²) in [5.74, 6) is 0. The van der Waals surface area contributed by atoms with Crippen molar-refractivity contribution >= 4 is 0 Å². The van der Waals surface area contributed by atoms with E-state index in [4.69, 9.17) is 10.8 Å². The highest BCUT2D eigenvalue weighted by atomic mass is 16.3. The average Bonchev–Trinajstić information content (AvgIpc) is 2.35. The van der Waals surface area contributed by atoms with Crippen LogP contribution in [0.5, 0.6) is 0 Å². The molecule has 0 saturated heterocycles. The molecule has 3 N–H and O–H groups in total. The predicted molar refractivity (Wildman–Crippen MR) is 42.0 cm³/mol. The first-order valence-corrected chi connectivity index (χ1v) is 3.57. The summed E-state index contributed by atoms with van der Waals surface area (Å²) in [4.78, 5) is 4.05. The van der Waals surface area contributed by atoms with Crippen molar-refractivity contribution in [2.24, 2.45) is 12.8 Å². The van der Waals surface area contributed by atoms with Gasteiger partial charge in [0.2, 0.25) is 0 Å². The molecule has 62 valence electrons. The van der Waals surface area contributed by atoms with Crippen LogP contribution in [-0.4, -0.2) is 27.3 Å². The van der Waals surface area contributed by atoms with Crippen molar-refractivity contribution in [2.45, 2.75) is 12.5 Å². The first kappa shape index (κ1) is 8.23. The van der Waals surface area contributed by atoms with Crippen LogP contribution in [0.1, 0.15) is 5.69 Å². The third kappa shape index (κ3) is 2.32. The molecular formula is C7H13N3O. The lowest BCUT2D eigenvalue weighted by Gasteiger charge is -2.02.